The molecule has 3 unspecified atom stereocenters. The first kappa shape index (κ1) is 19.6. The van der Waals surface area contributed by atoms with Crippen molar-refractivity contribution in [3.8, 4) is 0 Å². The number of halogens is 2. The first-order valence-electron chi connectivity index (χ1n) is 8.58. The number of rotatable bonds is 1. The smallest absolute Gasteiger partial charge is 0.253 e. The zero-order chi connectivity index (χ0) is 16.9. The minimum absolute atomic E-state index is 0. The van der Waals surface area contributed by atoms with Crippen LogP contribution in [0, 0.1) is 11.8 Å². The van der Waals surface area contributed by atoms with E-state index in [1.807, 2.05) is 6.07 Å². The summed E-state index contributed by atoms with van der Waals surface area (Å²) in [6.07, 6.45) is 3.48. The van der Waals surface area contributed by atoms with E-state index in [2.05, 4.69) is 33.0 Å². The van der Waals surface area contributed by atoms with Crippen molar-refractivity contribution in [3.05, 3.63) is 32.8 Å². The fraction of sp³-hybridized carbons (Fsp3) is 0.650. The van der Waals surface area contributed by atoms with Crippen molar-refractivity contribution in [2.24, 2.45) is 11.8 Å². The molecule has 2 nitrogen and oxygen atoms in total. The van der Waals surface area contributed by atoms with Crippen LogP contribution in [0.15, 0.2) is 6.07 Å². The molecule has 1 aromatic carbocycles. The van der Waals surface area contributed by atoms with E-state index in [1.54, 1.807) is 0 Å². The van der Waals surface area contributed by atoms with Crippen LogP contribution in [0.3, 0.4) is 0 Å². The molecule has 3 rings (SSSR count). The van der Waals surface area contributed by atoms with E-state index in [9.17, 15) is 4.79 Å². The van der Waals surface area contributed by atoms with Gasteiger partial charge >= 0.3 is 0 Å². The summed E-state index contributed by atoms with van der Waals surface area (Å²) in [5.41, 5.74) is 2.53. The fourth-order valence-electron chi connectivity index (χ4n) is 4.69. The number of carbonyl (C=O) groups excluding carboxylic acids is 1. The van der Waals surface area contributed by atoms with E-state index in [0.717, 1.165) is 24.1 Å². The molecule has 0 radical (unpaired) electrons. The number of hydrogen-bond donors (Lipinski definition) is 1. The maximum atomic E-state index is 12.8. The molecule has 24 heavy (non-hydrogen) atoms. The number of amides is 1. The second kappa shape index (κ2) is 6.88. The number of carbonyl (C=O) groups is 1. The molecule has 1 aromatic rings. The summed E-state index contributed by atoms with van der Waals surface area (Å²) in [6, 6.07) is 2.02. The number of hydrogen-bond acceptors (Lipinski definition) is 1. The summed E-state index contributed by atoms with van der Waals surface area (Å²) in [6.45, 7) is 9.41. The maximum Gasteiger partial charge on any atom is 0.253 e. The predicted octanol–water partition coefficient (Wildman–Crippen LogP) is 6.19. The average molecular weight is 370 g/mol. The van der Waals surface area contributed by atoms with Crippen molar-refractivity contribution < 1.29 is 4.79 Å². The van der Waals surface area contributed by atoms with Gasteiger partial charge in [-0.3, -0.25) is 4.79 Å². The average Bonchev–Trinajstić information content (AvgIpc) is 2.55. The van der Waals surface area contributed by atoms with E-state index in [1.165, 1.54) is 12.8 Å². The Morgan fingerprint density at radius 1 is 1.33 bits per heavy atom. The molecular formula is C20H29Cl2NO. The largest absolute Gasteiger partial charge is 0.352 e. The standard InChI is InChI=1S/C19H25Cl2NO.CH4/c1-10(2)15-14(20)8-12-16(17(15)21)18(23)22-9-13-11(3)6-5-7-19(12,13)4;/h8,10-11,13H,5-7,9H2,1-4H3,(H,22,23);1H4. The van der Waals surface area contributed by atoms with Gasteiger partial charge in [0.2, 0.25) is 0 Å². The van der Waals surface area contributed by atoms with Crippen LogP contribution in [0.4, 0.5) is 0 Å². The third kappa shape index (κ3) is 2.86. The molecule has 1 saturated carbocycles. The van der Waals surface area contributed by atoms with Crippen LogP contribution in [-0.4, -0.2) is 12.5 Å². The third-order valence-corrected chi connectivity index (χ3v) is 6.72. The second-order valence-electron chi connectivity index (χ2n) is 7.77. The fourth-order valence-corrected chi connectivity index (χ4v) is 5.67. The van der Waals surface area contributed by atoms with E-state index in [4.69, 9.17) is 23.2 Å². The van der Waals surface area contributed by atoms with Gasteiger partial charge in [-0.25, -0.2) is 0 Å². The molecular weight excluding hydrogens is 341 g/mol. The summed E-state index contributed by atoms with van der Waals surface area (Å²) < 4.78 is 0. The quantitative estimate of drug-likeness (QED) is 0.627. The van der Waals surface area contributed by atoms with Gasteiger partial charge in [-0.05, 0) is 46.8 Å². The highest BCUT2D eigenvalue weighted by Gasteiger charge is 2.46. The Morgan fingerprint density at radius 3 is 2.62 bits per heavy atom. The SMILES string of the molecule is C.CC(C)c1c(Cl)cc2c(c1Cl)C(=O)NCC1C(C)CCCC21C. The number of benzene rings is 1. The van der Waals surface area contributed by atoms with Gasteiger partial charge in [-0.15, -0.1) is 0 Å². The van der Waals surface area contributed by atoms with Crippen LogP contribution in [-0.2, 0) is 5.41 Å². The summed E-state index contributed by atoms with van der Waals surface area (Å²) in [7, 11) is 0. The Kier molecular flexibility index (Phi) is 5.62. The third-order valence-electron chi connectivity index (χ3n) is 6.02. The Morgan fingerprint density at radius 2 is 2.00 bits per heavy atom. The molecule has 2 aliphatic rings. The molecule has 1 amide bonds. The van der Waals surface area contributed by atoms with Gasteiger partial charge in [0.05, 0.1) is 10.6 Å². The molecule has 0 saturated heterocycles. The molecule has 1 heterocycles. The summed E-state index contributed by atoms with van der Waals surface area (Å²) in [5, 5.41) is 4.35. The lowest BCUT2D eigenvalue weighted by molar-refractivity contribution is 0.0932. The number of nitrogens with one attached hydrogen (secondary N) is 1. The van der Waals surface area contributed by atoms with Crippen molar-refractivity contribution in [1.29, 1.82) is 0 Å². The molecule has 3 atom stereocenters. The minimum Gasteiger partial charge on any atom is -0.352 e. The first-order valence-corrected chi connectivity index (χ1v) is 9.33. The maximum absolute atomic E-state index is 12.8. The van der Waals surface area contributed by atoms with Crippen molar-refractivity contribution in [1.82, 2.24) is 5.32 Å². The van der Waals surface area contributed by atoms with Crippen molar-refractivity contribution >= 4 is 29.1 Å². The van der Waals surface area contributed by atoms with Crippen LogP contribution in [0.5, 0.6) is 0 Å². The Bertz CT molecular complexity index is 656. The molecule has 1 aliphatic carbocycles. The van der Waals surface area contributed by atoms with Crippen LogP contribution in [0.1, 0.15) is 81.8 Å². The van der Waals surface area contributed by atoms with Gasteiger partial charge in [-0.2, -0.15) is 0 Å². The van der Waals surface area contributed by atoms with Gasteiger partial charge in [0.15, 0.2) is 0 Å². The molecule has 0 bridgehead atoms. The van der Waals surface area contributed by atoms with E-state index in [-0.39, 0.29) is 24.7 Å². The molecule has 1 fully saturated rings. The highest BCUT2D eigenvalue weighted by Crippen LogP contribution is 2.51. The van der Waals surface area contributed by atoms with E-state index >= 15 is 0 Å². The van der Waals surface area contributed by atoms with Gasteiger partial charge in [0.1, 0.15) is 0 Å². The zero-order valence-electron chi connectivity index (χ0n) is 14.3. The van der Waals surface area contributed by atoms with E-state index in [0.29, 0.717) is 27.4 Å². The van der Waals surface area contributed by atoms with Gasteiger partial charge in [-0.1, -0.05) is 71.2 Å². The summed E-state index contributed by atoms with van der Waals surface area (Å²) >= 11 is 13.3. The van der Waals surface area contributed by atoms with Crippen molar-refractivity contribution in [3.63, 3.8) is 0 Å². The van der Waals surface area contributed by atoms with Crippen LogP contribution in [0.2, 0.25) is 10.0 Å². The topological polar surface area (TPSA) is 29.1 Å². The van der Waals surface area contributed by atoms with Crippen molar-refractivity contribution in [2.45, 2.75) is 65.7 Å². The number of fused-ring (bicyclic) bond motifs is 3. The van der Waals surface area contributed by atoms with Crippen LogP contribution in [0.25, 0.3) is 0 Å². The molecule has 1 aliphatic heterocycles. The molecule has 0 spiro atoms. The lowest BCUT2D eigenvalue weighted by Gasteiger charge is -2.45. The van der Waals surface area contributed by atoms with Crippen LogP contribution < -0.4 is 5.32 Å². The Balaban J connectivity index is 0.00000208. The normalized spacial score (nSPS) is 29.2. The van der Waals surface area contributed by atoms with Crippen molar-refractivity contribution in [2.75, 3.05) is 6.54 Å². The Hall–Kier alpha value is -0.730. The van der Waals surface area contributed by atoms with E-state index < -0.39 is 0 Å². The molecule has 4 heteroatoms. The summed E-state index contributed by atoms with van der Waals surface area (Å²) in [5.74, 6) is 1.15. The van der Waals surface area contributed by atoms with Gasteiger partial charge < -0.3 is 5.32 Å². The lowest BCUT2D eigenvalue weighted by Crippen LogP contribution is -2.43. The summed E-state index contributed by atoms with van der Waals surface area (Å²) in [4.78, 5) is 12.8. The zero-order valence-corrected chi connectivity index (χ0v) is 15.8. The lowest BCUT2D eigenvalue weighted by atomic mass is 9.59. The van der Waals surface area contributed by atoms with Gasteiger partial charge in [0, 0.05) is 11.6 Å². The monoisotopic (exact) mass is 369 g/mol. The molecule has 1 N–H and O–H groups in total. The molecule has 0 aromatic heterocycles. The first-order chi connectivity index (χ1) is 10.8. The predicted molar refractivity (Wildman–Crippen MR) is 103 cm³/mol. The highest BCUT2D eigenvalue weighted by molar-refractivity contribution is 6.38. The highest BCUT2D eigenvalue weighted by atomic mass is 35.5. The van der Waals surface area contributed by atoms with Gasteiger partial charge in [0.25, 0.3) is 5.91 Å². The Labute approximate surface area is 156 Å². The minimum atomic E-state index is -0.0496. The molecule has 134 valence electrons. The second-order valence-corrected chi connectivity index (χ2v) is 8.55. The van der Waals surface area contributed by atoms with Crippen LogP contribution >= 0.6 is 23.2 Å².